The minimum absolute atomic E-state index is 0.242. The molecular formula is C19H16FN3O2. The van der Waals surface area contributed by atoms with Crippen molar-refractivity contribution in [2.45, 2.75) is 20.0 Å². The fourth-order valence-electron chi connectivity index (χ4n) is 2.75. The third-order valence-electron chi connectivity index (χ3n) is 3.91. The largest absolute Gasteiger partial charge is 0.450 e. The van der Waals surface area contributed by atoms with Gasteiger partial charge in [0.15, 0.2) is 0 Å². The van der Waals surface area contributed by atoms with E-state index >= 15 is 0 Å². The molecule has 0 bridgehead atoms. The van der Waals surface area contributed by atoms with Crippen molar-refractivity contribution in [1.82, 2.24) is 9.47 Å². The Morgan fingerprint density at radius 2 is 2.04 bits per heavy atom. The van der Waals surface area contributed by atoms with Gasteiger partial charge in [0.1, 0.15) is 5.82 Å². The molecule has 0 fully saturated rings. The Bertz CT molecular complexity index is 915. The third-order valence-corrected chi connectivity index (χ3v) is 3.91. The van der Waals surface area contributed by atoms with Crippen molar-refractivity contribution in [3.8, 4) is 17.9 Å². The molecule has 126 valence electrons. The highest BCUT2D eigenvalue weighted by atomic mass is 19.1. The van der Waals surface area contributed by atoms with E-state index in [1.165, 1.54) is 12.1 Å². The number of hydrogen-bond donors (Lipinski definition) is 0. The van der Waals surface area contributed by atoms with Crippen LogP contribution in [-0.2, 0) is 17.8 Å². The number of nitrogens with zero attached hydrogens (tertiary/aromatic N) is 3. The molecule has 0 spiro atoms. The Morgan fingerprint density at radius 1 is 1.24 bits per heavy atom. The zero-order valence-corrected chi connectivity index (χ0v) is 13.8. The van der Waals surface area contributed by atoms with Gasteiger partial charge in [0.05, 0.1) is 30.5 Å². The summed E-state index contributed by atoms with van der Waals surface area (Å²) in [5.74, 6) is 5.44. The van der Waals surface area contributed by atoms with E-state index in [9.17, 15) is 9.18 Å². The molecule has 2 heterocycles. The lowest BCUT2D eigenvalue weighted by molar-refractivity contribution is 0.0970. The summed E-state index contributed by atoms with van der Waals surface area (Å²) in [6.45, 7) is 3.78. The predicted octanol–water partition coefficient (Wildman–Crippen LogP) is 2.87. The van der Waals surface area contributed by atoms with Crippen molar-refractivity contribution in [3.63, 3.8) is 0 Å². The highest BCUT2D eigenvalue weighted by Gasteiger charge is 2.22. The van der Waals surface area contributed by atoms with Crippen molar-refractivity contribution >= 4 is 6.09 Å². The van der Waals surface area contributed by atoms with Gasteiger partial charge in [-0.1, -0.05) is 5.92 Å². The molecule has 1 amide bonds. The van der Waals surface area contributed by atoms with Crippen molar-refractivity contribution < 1.29 is 13.9 Å². The molecule has 1 aliphatic rings. The van der Waals surface area contributed by atoms with Crippen LogP contribution >= 0.6 is 0 Å². The third kappa shape index (κ3) is 3.64. The number of nitriles is 1. The van der Waals surface area contributed by atoms with Crippen molar-refractivity contribution in [1.29, 1.82) is 5.26 Å². The van der Waals surface area contributed by atoms with Gasteiger partial charge in [-0.15, -0.1) is 0 Å². The summed E-state index contributed by atoms with van der Waals surface area (Å²) < 4.78 is 20.5. The lowest BCUT2D eigenvalue weighted by Crippen LogP contribution is -2.38. The van der Waals surface area contributed by atoms with Crippen LogP contribution in [0.3, 0.4) is 0 Å². The Balaban J connectivity index is 1.81. The standard InChI is InChI=1S/C19H16FN3O2/c1-2-25-19(24)22-7-8-23-17(5-6-18(23)13-22)4-3-14-9-15(12-21)11-16(20)10-14/h5-6,9-11H,2,7-8,13H2,1H3. The van der Waals surface area contributed by atoms with E-state index in [-0.39, 0.29) is 11.7 Å². The monoisotopic (exact) mass is 337 g/mol. The van der Waals surface area contributed by atoms with Crippen molar-refractivity contribution in [3.05, 3.63) is 58.7 Å². The van der Waals surface area contributed by atoms with Crippen LogP contribution in [0.15, 0.2) is 30.3 Å². The first-order chi connectivity index (χ1) is 12.1. The van der Waals surface area contributed by atoms with E-state index in [0.29, 0.717) is 31.8 Å². The quantitative estimate of drug-likeness (QED) is 0.752. The minimum Gasteiger partial charge on any atom is -0.450 e. The summed E-state index contributed by atoms with van der Waals surface area (Å²) >= 11 is 0. The fraction of sp³-hybridized carbons (Fsp3) is 0.263. The van der Waals surface area contributed by atoms with E-state index in [1.807, 2.05) is 22.8 Å². The first-order valence-corrected chi connectivity index (χ1v) is 7.93. The number of amides is 1. The smallest absolute Gasteiger partial charge is 0.410 e. The molecular weight excluding hydrogens is 321 g/mol. The maximum Gasteiger partial charge on any atom is 0.410 e. The molecule has 5 nitrogen and oxygen atoms in total. The van der Waals surface area contributed by atoms with Crippen LogP contribution in [0.25, 0.3) is 0 Å². The summed E-state index contributed by atoms with van der Waals surface area (Å²) in [6, 6.07) is 9.74. The van der Waals surface area contributed by atoms with E-state index in [0.717, 1.165) is 11.4 Å². The SMILES string of the molecule is CCOC(=O)N1CCn2c(C#Cc3cc(F)cc(C#N)c3)ccc2C1. The van der Waals surface area contributed by atoms with Gasteiger partial charge in [0.2, 0.25) is 0 Å². The number of halogens is 1. The van der Waals surface area contributed by atoms with Crippen LogP contribution < -0.4 is 0 Å². The molecule has 0 aliphatic carbocycles. The molecule has 6 heteroatoms. The van der Waals surface area contributed by atoms with Crippen LogP contribution in [0.2, 0.25) is 0 Å². The molecule has 1 aliphatic heterocycles. The second-order valence-corrected chi connectivity index (χ2v) is 5.57. The predicted molar refractivity (Wildman–Crippen MR) is 89.0 cm³/mol. The number of fused-ring (bicyclic) bond motifs is 1. The molecule has 0 radical (unpaired) electrons. The molecule has 0 saturated carbocycles. The van der Waals surface area contributed by atoms with Crippen LogP contribution in [0.5, 0.6) is 0 Å². The Kier molecular flexibility index (Phi) is 4.72. The van der Waals surface area contributed by atoms with Gasteiger partial charge >= 0.3 is 6.09 Å². The van der Waals surface area contributed by atoms with E-state index in [4.69, 9.17) is 10.00 Å². The second-order valence-electron chi connectivity index (χ2n) is 5.57. The lowest BCUT2D eigenvalue weighted by Gasteiger charge is -2.28. The van der Waals surface area contributed by atoms with Crippen LogP contribution in [0, 0.1) is 29.0 Å². The van der Waals surface area contributed by atoms with Gasteiger partial charge in [0.25, 0.3) is 0 Å². The summed E-state index contributed by atoms with van der Waals surface area (Å²) in [4.78, 5) is 13.5. The van der Waals surface area contributed by atoms with E-state index < -0.39 is 5.82 Å². The maximum absolute atomic E-state index is 13.5. The molecule has 3 rings (SSSR count). The average Bonchev–Trinajstić information content (AvgIpc) is 3.02. The van der Waals surface area contributed by atoms with E-state index in [2.05, 4.69) is 11.8 Å². The molecule has 0 saturated heterocycles. The number of carbonyl (C=O) groups excluding carboxylic acids is 1. The Labute approximate surface area is 145 Å². The summed E-state index contributed by atoms with van der Waals surface area (Å²) in [5, 5.41) is 8.89. The van der Waals surface area contributed by atoms with Gasteiger partial charge in [-0.2, -0.15) is 5.26 Å². The van der Waals surface area contributed by atoms with Crippen LogP contribution in [0.1, 0.15) is 29.4 Å². The zero-order valence-electron chi connectivity index (χ0n) is 13.8. The number of aromatic nitrogens is 1. The van der Waals surface area contributed by atoms with E-state index in [1.54, 1.807) is 17.9 Å². The van der Waals surface area contributed by atoms with Crippen LogP contribution in [0.4, 0.5) is 9.18 Å². The number of benzene rings is 1. The number of ether oxygens (including phenoxy) is 1. The highest BCUT2D eigenvalue weighted by Crippen LogP contribution is 2.17. The zero-order chi connectivity index (χ0) is 17.8. The van der Waals surface area contributed by atoms with Crippen LogP contribution in [-0.4, -0.2) is 28.7 Å². The average molecular weight is 337 g/mol. The van der Waals surface area contributed by atoms with Gasteiger partial charge < -0.3 is 14.2 Å². The number of carbonyl (C=O) groups is 1. The maximum atomic E-state index is 13.5. The second kappa shape index (κ2) is 7.11. The highest BCUT2D eigenvalue weighted by molar-refractivity contribution is 5.67. The molecule has 0 unspecified atom stereocenters. The fourth-order valence-corrected chi connectivity index (χ4v) is 2.75. The van der Waals surface area contributed by atoms with Crippen molar-refractivity contribution in [2.24, 2.45) is 0 Å². The van der Waals surface area contributed by atoms with Gasteiger partial charge in [0, 0.05) is 24.3 Å². The van der Waals surface area contributed by atoms with Gasteiger partial charge in [-0.05, 0) is 43.2 Å². The lowest BCUT2D eigenvalue weighted by atomic mass is 10.1. The van der Waals surface area contributed by atoms with Crippen molar-refractivity contribution in [2.75, 3.05) is 13.2 Å². The topological polar surface area (TPSA) is 58.3 Å². The molecule has 1 aromatic heterocycles. The molecule has 25 heavy (non-hydrogen) atoms. The first kappa shape index (κ1) is 16.6. The normalized spacial score (nSPS) is 12.6. The van der Waals surface area contributed by atoms with Gasteiger partial charge in [-0.25, -0.2) is 9.18 Å². The summed E-state index contributed by atoms with van der Waals surface area (Å²) in [6.07, 6.45) is -0.314. The number of hydrogen-bond acceptors (Lipinski definition) is 3. The summed E-state index contributed by atoms with van der Waals surface area (Å²) in [5.41, 5.74) is 2.46. The molecule has 0 N–H and O–H groups in total. The van der Waals surface area contributed by atoms with Gasteiger partial charge in [-0.3, -0.25) is 0 Å². The summed E-state index contributed by atoms with van der Waals surface area (Å²) in [7, 11) is 0. The Morgan fingerprint density at radius 3 is 2.80 bits per heavy atom. The first-order valence-electron chi connectivity index (χ1n) is 7.93. The molecule has 1 aromatic carbocycles. The molecule has 2 aromatic rings. The minimum atomic E-state index is -0.481. The molecule has 0 atom stereocenters. The Hall–Kier alpha value is -3.25. The number of rotatable bonds is 1.